The van der Waals surface area contributed by atoms with E-state index in [1.807, 2.05) is 31.2 Å². The average Bonchev–Trinajstić information content (AvgIpc) is 2.69. The highest BCUT2D eigenvalue weighted by Crippen LogP contribution is 2.18. The van der Waals surface area contributed by atoms with E-state index in [1.165, 1.54) is 6.07 Å². The normalized spacial score (nSPS) is 12.1. The molecule has 154 valence electrons. The highest BCUT2D eigenvalue weighted by Gasteiger charge is 2.10. The minimum Gasteiger partial charge on any atom is -0.496 e. The van der Waals surface area contributed by atoms with Gasteiger partial charge in [0.15, 0.2) is 17.6 Å². The van der Waals surface area contributed by atoms with E-state index in [1.54, 1.807) is 20.2 Å². The zero-order valence-corrected chi connectivity index (χ0v) is 18.5. The SMILES string of the molecule is CN=C(NCCOCc1ccccc1OC)NC(C)c1ccc(F)c(F)c1.I. The standard InChI is InChI=1S/C20H25F2N3O2.HI/c1-14(15-8-9-17(21)18(22)12-15)25-20(23-2)24-10-11-27-13-16-6-4-5-7-19(16)26-3;/h4-9,12,14H,10-11,13H2,1-3H3,(H2,23,24,25);1H. The van der Waals surface area contributed by atoms with Gasteiger partial charge in [-0.1, -0.05) is 24.3 Å². The Hall–Kier alpha value is -1.94. The van der Waals surface area contributed by atoms with Gasteiger partial charge in [0.05, 0.1) is 26.4 Å². The predicted molar refractivity (Wildman–Crippen MR) is 117 cm³/mol. The van der Waals surface area contributed by atoms with Gasteiger partial charge in [-0.05, 0) is 30.7 Å². The van der Waals surface area contributed by atoms with Gasteiger partial charge in [-0.15, -0.1) is 24.0 Å². The van der Waals surface area contributed by atoms with Crippen molar-refractivity contribution in [3.63, 3.8) is 0 Å². The van der Waals surface area contributed by atoms with E-state index in [-0.39, 0.29) is 30.0 Å². The number of hydrogen-bond donors (Lipinski definition) is 2. The van der Waals surface area contributed by atoms with Gasteiger partial charge in [0.25, 0.3) is 0 Å². The van der Waals surface area contributed by atoms with Crippen LogP contribution in [-0.2, 0) is 11.3 Å². The van der Waals surface area contributed by atoms with E-state index in [0.29, 0.717) is 31.3 Å². The molecule has 1 unspecified atom stereocenters. The second-order valence-corrected chi connectivity index (χ2v) is 5.90. The fourth-order valence-corrected chi connectivity index (χ4v) is 2.51. The second kappa shape index (κ2) is 12.5. The Morgan fingerprint density at radius 3 is 2.57 bits per heavy atom. The minimum atomic E-state index is -0.867. The van der Waals surface area contributed by atoms with Crippen LogP contribution in [0, 0.1) is 11.6 Å². The molecule has 2 aromatic rings. The van der Waals surface area contributed by atoms with Crippen LogP contribution >= 0.6 is 24.0 Å². The van der Waals surface area contributed by atoms with E-state index < -0.39 is 11.6 Å². The summed E-state index contributed by atoms with van der Waals surface area (Å²) in [7, 11) is 3.27. The van der Waals surface area contributed by atoms with Gasteiger partial charge in [-0.3, -0.25) is 4.99 Å². The summed E-state index contributed by atoms with van der Waals surface area (Å²) in [6.07, 6.45) is 0. The third-order valence-corrected chi connectivity index (χ3v) is 4.01. The molecule has 0 saturated heterocycles. The van der Waals surface area contributed by atoms with Crippen molar-refractivity contribution in [1.82, 2.24) is 10.6 Å². The fraction of sp³-hybridized carbons (Fsp3) is 0.350. The molecule has 0 aromatic heterocycles. The molecule has 8 heteroatoms. The minimum absolute atomic E-state index is 0. The monoisotopic (exact) mass is 505 g/mol. The molecule has 0 aliphatic carbocycles. The third kappa shape index (κ3) is 7.23. The molecule has 2 N–H and O–H groups in total. The first kappa shape index (κ1) is 24.1. The van der Waals surface area contributed by atoms with Crippen molar-refractivity contribution in [1.29, 1.82) is 0 Å². The number of para-hydroxylation sites is 1. The first-order valence-corrected chi connectivity index (χ1v) is 8.67. The van der Waals surface area contributed by atoms with E-state index in [0.717, 1.165) is 17.4 Å². The molecular formula is C20H26F2IN3O2. The lowest BCUT2D eigenvalue weighted by atomic mass is 10.1. The number of benzene rings is 2. The van der Waals surface area contributed by atoms with Gasteiger partial charge in [-0.25, -0.2) is 8.78 Å². The van der Waals surface area contributed by atoms with Crippen LogP contribution in [0.15, 0.2) is 47.5 Å². The van der Waals surface area contributed by atoms with Crippen molar-refractivity contribution >= 4 is 29.9 Å². The van der Waals surface area contributed by atoms with Crippen LogP contribution in [0.2, 0.25) is 0 Å². The lowest BCUT2D eigenvalue weighted by Crippen LogP contribution is -2.40. The number of ether oxygens (including phenoxy) is 2. The molecule has 1 atom stereocenters. The van der Waals surface area contributed by atoms with Gasteiger partial charge < -0.3 is 20.1 Å². The fourth-order valence-electron chi connectivity index (χ4n) is 2.51. The van der Waals surface area contributed by atoms with Gasteiger partial charge in [0, 0.05) is 19.2 Å². The molecule has 0 saturated carbocycles. The number of halogens is 3. The van der Waals surface area contributed by atoms with Crippen LogP contribution in [0.25, 0.3) is 0 Å². The summed E-state index contributed by atoms with van der Waals surface area (Å²) in [6.45, 7) is 3.30. The van der Waals surface area contributed by atoms with Gasteiger partial charge in [-0.2, -0.15) is 0 Å². The maximum Gasteiger partial charge on any atom is 0.191 e. The summed E-state index contributed by atoms with van der Waals surface area (Å²) >= 11 is 0. The quantitative estimate of drug-likeness (QED) is 0.246. The molecule has 0 aliphatic rings. The Balaban J connectivity index is 0.00000392. The van der Waals surface area contributed by atoms with Crippen LogP contribution in [-0.4, -0.2) is 33.3 Å². The highest BCUT2D eigenvalue weighted by molar-refractivity contribution is 14.0. The van der Waals surface area contributed by atoms with Crippen LogP contribution in [0.3, 0.4) is 0 Å². The number of nitrogens with zero attached hydrogens (tertiary/aromatic N) is 1. The smallest absolute Gasteiger partial charge is 0.191 e. The number of methoxy groups -OCH3 is 1. The van der Waals surface area contributed by atoms with Crippen LogP contribution in [0.4, 0.5) is 8.78 Å². The second-order valence-electron chi connectivity index (χ2n) is 5.90. The topological polar surface area (TPSA) is 54.9 Å². The largest absolute Gasteiger partial charge is 0.496 e. The molecule has 0 aliphatic heterocycles. The zero-order valence-electron chi connectivity index (χ0n) is 16.2. The maximum absolute atomic E-state index is 13.4. The Labute approximate surface area is 181 Å². The Kier molecular flexibility index (Phi) is 10.8. The summed E-state index contributed by atoms with van der Waals surface area (Å²) in [5, 5.41) is 6.26. The van der Waals surface area contributed by atoms with Gasteiger partial charge >= 0.3 is 0 Å². The summed E-state index contributed by atoms with van der Waals surface area (Å²) in [5.41, 5.74) is 1.61. The van der Waals surface area contributed by atoms with Crippen molar-refractivity contribution in [2.45, 2.75) is 19.6 Å². The number of nitrogens with one attached hydrogen (secondary N) is 2. The maximum atomic E-state index is 13.4. The number of guanidine groups is 1. The molecule has 2 aromatic carbocycles. The zero-order chi connectivity index (χ0) is 19.6. The number of rotatable bonds is 8. The summed E-state index contributed by atoms with van der Waals surface area (Å²) in [5.74, 6) is -0.383. The molecule has 0 spiro atoms. The summed E-state index contributed by atoms with van der Waals surface area (Å²) in [4.78, 5) is 4.13. The summed E-state index contributed by atoms with van der Waals surface area (Å²) in [6, 6.07) is 11.3. The molecule has 5 nitrogen and oxygen atoms in total. The average molecular weight is 505 g/mol. The van der Waals surface area contributed by atoms with E-state index >= 15 is 0 Å². The number of hydrogen-bond acceptors (Lipinski definition) is 3. The van der Waals surface area contributed by atoms with Crippen LogP contribution < -0.4 is 15.4 Å². The van der Waals surface area contributed by atoms with Crippen molar-refractivity contribution in [3.05, 3.63) is 65.2 Å². The highest BCUT2D eigenvalue weighted by atomic mass is 127. The third-order valence-electron chi connectivity index (χ3n) is 4.01. The van der Waals surface area contributed by atoms with Crippen molar-refractivity contribution < 1.29 is 18.3 Å². The molecule has 2 rings (SSSR count). The molecule has 28 heavy (non-hydrogen) atoms. The lowest BCUT2D eigenvalue weighted by molar-refractivity contribution is 0.123. The van der Waals surface area contributed by atoms with Crippen molar-refractivity contribution in [2.24, 2.45) is 4.99 Å². The van der Waals surface area contributed by atoms with Gasteiger partial charge in [0.2, 0.25) is 0 Å². The molecule has 0 radical (unpaired) electrons. The van der Waals surface area contributed by atoms with Crippen LogP contribution in [0.1, 0.15) is 24.1 Å². The van der Waals surface area contributed by atoms with E-state index in [9.17, 15) is 8.78 Å². The van der Waals surface area contributed by atoms with E-state index in [2.05, 4.69) is 15.6 Å². The first-order chi connectivity index (χ1) is 13.0. The molecule has 0 fully saturated rings. The first-order valence-electron chi connectivity index (χ1n) is 8.67. The molecule has 0 bridgehead atoms. The Bertz CT molecular complexity index is 775. The van der Waals surface area contributed by atoms with E-state index in [4.69, 9.17) is 9.47 Å². The molecule has 0 amide bonds. The predicted octanol–water partition coefficient (Wildman–Crippen LogP) is 4.03. The lowest BCUT2D eigenvalue weighted by Gasteiger charge is -2.18. The Morgan fingerprint density at radius 2 is 1.89 bits per heavy atom. The van der Waals surface area contributed by atoms with Crippen LogP contribution in [0.5, 0.6) is 5.75 Å². The van der Waals surface area contributed by atoms with Gasteiger partial charge in [0.1, 0.15) is 5.75 Å². The van der Waals surface area contributed by atoms with Crippen molar-refractivity contribution in [2.75, 3.05) is 27.3 Å². The number of aliphatic imine (C=N–C) groups is 1. The Morgan fingerprint density at radius 1 is 1.14 bits per heavy atom. The molecular weight excluding hydrogens is 479 g/mol. The summed E-state index contributed by atoms with van der Waals surface area (Å²) < 4.78 is 37.4. The molecule has 0 heterocycles. The van der Waals surface area contributed by atoms with Crippen molar-refractivity contribution in [3.8, 4) is 5.75 Å².